The first-order valence-corrected chi connectivity index (χ1v) is 6.21. The van der Waals surface area contributed by atoms with Crippen LogP contribution in [0, 0.1) is 11.6 Å². The van der Waals surface area contributed by atoms with Gasteiger partial charge in [0, 0.05) is 11.6 Å². The first-order chi connectivity index (χ1) is 8.95. The lowest BCUT2D eigenvalue weighted by Gasteiger charge is -2.06. The highest BCUT2D eigenvalue weighted by molar-refractivity contribution is 9.10. The number of rotatable bonds is 2. The van der Waals surface area contributed by atoms with Gasteiger partial charge in [-0.15, -0.1) is 0 Å². The monoisotopic (exact) mass is 346 g/mol. The molecule has 0 unspecified atom stereocenters. The van der Waals surface area contributed by atoms with Gasteiger partial charge in [-0.2, -0.15) is 0 Å². The number of nitrogens with zero attached hydrogens (tertiary/aromatic N) is 1. The van der Waals surface area contributed by atoms with Crippen LogP contribution in [-0.4, -0.2) is 10.9 Å². The van der Waals surface area contributed by atoms with Crippen molar-refractivity contribution in [2.45, 2.75) is 0 Å². The molecule has 3 nitrogen and oxygen atoms in total. The van der Waals surface area contributed by atoms with E-state index in [1.165, 1.54) is 12.3 Å². The highest BCUT2D eigenvalue weighted by atomic mass is 79.9. The molecule has 0 aliphatic rings. The molecule has 0 aliphatic carbocycles. The van der Waals surface area contributed by atoms with Crippen molar-refractivity contribution in [1.82, 2.24) is 4.98 Å². The van der Waals surface area contributed by atoms with E-state index >= 15 is 0 Å². The van der Waals surface area contributed by atoms with Crippen LogP contribution in [0.15, 0.2) is 34.9 Å². The van der Waals surface area contributed by atoms with Gasteiger partial charge >= 0.3 is 0 Å². The Morgan fingerprint density at radius 2 is 1.84 bits per heavy atom. The van der Waals surface area contributed by atoms with Gasteiger partial charge < -0.3 is 5.32 Å². The van der Waals surface area contributed by atoms with Crippen molar-refractivity contribution in [2.75, 3.05) is 5.32 Å². The first kappa shape index (κ1) is 13.9. The summed E-state index contributed by atoms with van der Waals surface area (Å²) in [6, 6.07) is 4.10. The van der Waals surface area contributed by atoms with Gasteiger partial charge in [0.25, 0.3) is 5.91 Å². The van der Waals surface area contributed by atoms with Crippen LogP contribution in [0.25, 0.3) is 0 Å². The van der Waals surface area contributed by atoms with Crippen molar-refractivity contribution < 1.29 is 13.6 Å². The van der Waals surface area contributed by atoms with Crippen LogP contribution in [0.3, 0.4) is 0 Å². The molecule has 0 atom stereocenters. The Bertz CT molecular complexity index is 631. The average Bonchev–Trinajstić information content (AvgIpc) is 2.32. The van der Waals surface area contributed by atoms with Crippen LogP contribution in [-0.2, 0) is 0 Å². The zero-order valence-electron chi connectivity index (χ0n) is 9.25. The fraction of sp³-hybridized carbons (Fsp3) is 0. The fourth-order valence-electron chi connectivity index (χ4n) is 1.38. The maximum atomic E-state index is 13.0. The molecule has 0 spiro atoms. The third-order valence-corrected chi connectivity index (χ3v) is 3.31. The van der Waals surface area contributed by atoms with Crippen molar-refractivity contribution in [3.8, 4) is 0 Å². The number of carbonyl (C=O) groups is 1. The Morgan fingerprint density at radius 3 is 2.42 bits per heavy atom. The molecule has 0 fully saturated rings. The van der Waals surface area contributed by atoms with E-state index in [2.05, 4.69) is 26.2 Å². The second kappa shape index (κ2) is 5.63. The van der Waals surface area contributed by atoms with E-state index in [4.69, 9.17) is 11.6 Å². The molecule has 7 heteroatoms. The molecule has 1 amide bonds. The van der Waals surface area contributed by atoms with Crippen molar-refractivity contribution >= 4 is 39.1 Å². The van der Waals surface area contributed by atoms with Gasteiger partial charge in [0.1, 0.15) is 16.8 Å². The summed E-state index contributed by atoms with van der Waals surface area (Å²) in [5.41, 5.74) is 0.231. The van der Waals surface area contributed by atoms with Gasteiger partial charge in [-0.25, -0.2) is 13.8 Å². The van der Waals surface area contributed by atoms with Crippen molar-refractivity contribution in [2.24, 2.45) is 0 Å². The van der Waals surface area contributed by atoms with Gasteiger partial charge in [-0.05, 0) is 34.1 Å². The summed E-state index contributed by atoms with van der Waals surface area (Å²) in [5.74, 6) is -2.28. The maximum Gasteiger partial charge on any atom is 0.255 e. The average molecular weight is 348 g/mol. The Labute approximate surface area is 120 Å². The Morgan fingerprint density at radius 1 is 1.21 bits per heavy atom. The summed E-state index contributed by atoms with van der Waals surface area (Å²) in [5, 5.41) is 2.70. The number of halogens is 4. The Kier molecular flexibility index (Phi) is 4.11. The summed E-state index contributed by atoms with van der Waals surface area (Å²) in [6.45, 7) is 0. The molecule has 2 rings (SSSR count). The van der Waals surface area contributed by atoms with Crippen molar-refractivity contribution in [3.05, 3.63) is 57.3 Å². The number of pyridine rings is 1. The van der Waals surface area contributed by atoms with E-state index in [1.54, 1.807) is 0 Å². The maximum absolute atomic E-state index is 13.0. The normalized spacial score (nSPS) is 10.3. The number of benzene rings is 1. The smallest absolute Gasteiger partial charge is 0.255 e. The van der Waals surface area contributed by atoms with E-state index in [9.17, 15) is 13.6 Å². The Balaban J connectivity index is 2.22. The number of carbonyl (C=O) groups excluding carboxylic acids is 1. The largest absolute Gasteiger partial charge is 0.321 e. The predicted octanol–water partition coefficient (Wildman–Crippen LogP) is 4.03. The third kappa shape index (κ3) is 3.48. The highest BCUT2D eigenvalue weighted by Crippen LogP contribution is 2.23. The molecule has 1 aromatic carbocycles. The van der Waals surface area contributed by atoms with Crippen LogP contribution in [0.1, 0.15) is 10.4 Å². The molecule has 98 valence electrons. The van der Waals surface area contributed by atoms with E-state index in [0.29, 0.717) is 16.2 Å². The van der Waals surface area contributed by atoms with Gasteiger partial charge in [-0.3, -0.25) is 4.79 Å². The first-order valence-electron chi connectivity index (χ1n) is 5.04. The zero-order chi connectivity index (χ0) is 14.0. The summed E-state index contributed by atoms with van der Waals surface area (Å²) >= 11 is 8.86. The third-order valence-electron chi connectivity index (χ3n) is 2.18. The van der Waals surface area contributed by atoms with Crippen molar-refractivity contribution in [3.63, 3.8) is 0 Å². The van der Waals surface area contributed by atoms with E-state index < -0.39 is 17.5 Å². The molecule has 0 saturated carbocycles. The molecule has 1 N–H and O–H groups in total. The second-order valence-corrected chi connectivity index (χ2v) is 4.82. The van der Waals surface area contributed by atoms with Crippen LogP contribution in [0.4, 0.5) is 14.5 Å². The molecular formula is C12H6BrClF2N2O. The molecule has 19 heavy (non-hydrogen) atoms. The zero-order valence-corrected chi connectivity index (χ0v) is 11.6. The van der Waals surface area contributed by atoms with Gasteiger partial charge in [0.05, 0.1) is 16.4 Å². The number of amides is 1. The van der Waals surface area contributed by atoms with Crippen LogP contribution >= 0.6 is 27.5 Å². The lowest BCUT2D eigenvalue weighted by atomic mass is 10.2. The second-order valence-electron chi connectivity index (χ2n) is 3.61. The van der Waals surface area contributed by atoms with Gasteiger partial charge in [0.15, 0.2) is 0 Å². The minimum Gasteiger partial charge on any atom is -0.321 e. The number of anilines is 1. The quantitative estimate of drug-likeness (QED) is 0.834. The van der Waals surface area contributed by atoms with Gasteiger partial charge in [-0.1, -0.05) is 11.6 Å². The molecule has 1 aromatic heterocycles. The molecular weight excluding hydrogens is 341 g/mol. The number of nitrogens with one attached hydrogen (secondary N) is 1. The predicted molar refractivity (Wildman–Crippen MR) is 71.3 cm³/mol. The van der Waals surface area contributed by atoms with E-state index in [0.717, 1.165) is 12.1 Å². The van der Waals surface area contributed by atoms with Crippen LogP contribution in [0.5, 0.6) is 0 Å². The van der Waals surface area contributed by atoms with Crippen LogP contribution in [0.2, 0.25) is 5.15 Å². The van der Waals surface area contributed by atoms with E-state index in [1.807, 2.05) is 0 Å². The summed E-state index contributed by atoms with van der Waals surface area (Å²) in [4.78, 5) is 15.6. The van der Waals surface area contributed by atoms with E-state index in [-0.39, 0.29) is 10.7 Å². The Hall–Kier alpha value is -1.53. The lowest BCUT2D eigenvalue weighted by Crippen LogP contribution is -2.12. The molecule has 1 heterocycles. The summed E-state index contributed by atoms with van der Waals surface area (Å²) < 4.78 is 26.5. The molecule has 0 bridgehead atoms. The standard InChI is InChI=1S/C12H6BrClF2N2O/c13-10-4-9(5-17-11(10)14)18-12(19)6-1-7(15)3-8(16)2-6/h1-5H,(H,18,19). The lowest BCUT2D eigenvalue weighted by molar-refractivity contribution is 0.102. The van der Waals surface area contributed by atoms with Crippen LogP contribution < -0.4 is 5.32 Å². The highest BCUT2D eigenvalue weighted by Gasteiger charge is 2.10. The molecule has 0 radical (unpaired) electrons. The SMILES string of the molecule is O=C(Nc1cnc(Cl)c(Br)c1)c1cc(F)cc(F)c1. The number of hydrogen-bond acceptors (Lipinski definition) is 2. The fourth-order valence-corrected chi connectivity index (χ4v) is 1.83. The van der Waals surface area contributed by atoms with Crippen molar-refractivity contribution in [1.29, 1.82) is 0 Å². The summed E-state index contributed by atoms with van der Waals surface area (Å²) in [6.07, 6.45) is 1.33. The molecule has 0 saturated heterocycles. The molecule has 0 aliphatic heterocycles. The topological polar surface area (TPSA) is 42.0 Å². The number of hydrogen-bond donors (Lipinski definition) is 1. The van der Waals surface area contributed by atoms with Gasteiger partial charge in [0.2, 0.25) is 0 Å². The summed E-state index contributed by atoms with van der Waals surface area (Å²) in [7, 11) is 0. The minimum absolute atomic E-state index is 0.122. The molecule has 2 aromatic rings. The minimum atomic E-state index is -0.819. The number of aromatic nitrogens is 1.